The average Bonchev–Trinajstić information content (AvgIpc) is 2.29. The predicted octanol–water partition coefficient (Wildman–Crippen LogP) is 2.70. The fourth-order valence-corrected chi connectivity index (χ4v) is 4.40. The summed E-state index contributed by atoms with van der Waals surface area (Å²) < 4.78 is 23.2. The minimum Gasteiger partial charge on any atom is -0.365 e. The van der Waals surface area contributed by atoms with Crippen molar-refractivity contribution in [1.82, 2.24) is 0 Å². The second-order valence-corrected chi connectivity index (χ2v) is 7.44. The van der Waals surface area contributed by atoms with Gasteiger partial charge in [0.2, 0.25) is 0 Å². The number of halogens is 2. The number of alkyl halides is 1. The number of hydrogen-bond acceptors (Lipinski definition) is 3. The van der Waals surface area contributed by atoms with Gasteiger partial charge < -0.3 is 4.90 Å². The molecule has 1 aromatic carbocycles. The molecule has 18 heavy (non-hydrogen) atoms. The Morgan fingerprint density at radius 3 is 2.78 bits per heavy atom. The average molecular weight is 308 g/mol. The van der Waals surface area contributed by atoms with Gasteiger partial charge in [-0.25, -0.2) is 8.42 Å². The summed E-state index contributed by atoms with van der Waals surface area (Å²) in [6.07, 6.45) is 0. The highest BCUT2D eigenvalue weighted by Crippen LogP contribution is 2.33. The minimum atomic E-state index is -2.92. The van der Waals surface area contributed by atoms with Gasteiger partial charge in [-0.15, -0.1) is 11.6 Å². The van der Waals surface area contributed by atoms with Gasteiger partial charge >= 0.3 is 0 Å². The molecule has 0 radical (unpaired) electrons. The van der Waals surface area contributed by atoms with Crippen molar-refractivity contribution in [2.24, 2.45) is 0 Å². The Kier molecular flexibility index (Phi) is 4.09. The molecule has 0 amide bonds. The fraction of sp³-hybridized carbons (Fsp3) is 0.500. The van der Waals surface area contributed by atoms with Crippen LogP contribution in [-0.4, -0.2) is 32.5 Å². The fourth-order valence-electron chi connectivity index (χ4n) is 2.32. The smallest absolute Gasteiger partial charge is 0.154 e. The van der Waals surface area contributed by atoms with E-state index in [0.717, 1.165) is 11.3 Å². The van der Waals surface area contributed by atoms with Crippen LogP contribution in [0.25, 0.3) is 0 Å². The van der Waals surface area contributed by atoms with Gasteiger partial charge in [0.1, 0.15) is 0 Å². The minimum absolute atomic E-state index is 0.0781. The number of benzene rings is 1. The van der Waals surface area contributed by atoms with Gasteiger partial charge in [-0.05, 0) is 18.6 Å². The molecule has 0 aliphatic carbocycles. The van der Waals surface area contributed by atoms with Gasteiger partial charge in [0.15, 0.2) is 9.84 Å². The Hall–Kier alpha value is -0.450. The first-order valence-electron chi connectivity index (χ1n) is 5.75. The molecule has 1 aromatic rings. The Morgan fingerprint density at radius 2 is 2.17 bits per heavy atom. The molecule has 1 atom stereocenters. The third kappa shape index (κ3) is 2.76. The Labute approximate surface area is 118 Å². The zero-order chi connectivity index (χ0) is 13.3. The molecule has 6 heteroatoms. The molecule has 0 N–H and O–H groups in total. The summed E-state index contributed by atoms with van der Waals surface area (Å²) in [5.74, 6) is 0.704. The van der Waals surface area contributed by atoms with E-state index in [0.29, 0.717) is 17.4 Å². The van der Waals surface area contributed by atoms with E-state index in [9.17, 15) is 8.42 Å². The van der Waals surface area contributed by atoms with Crippen LogP contribution in [0.4, 0.5) is 5.69 Å². The van der Waals surface area contributed by atoms with Crippen molar-refractivity contribution in [2.45, 2.75) is 18.8 Å². The number of para-hydroxylation sites is 1. The van der Waals surface area contributed by atoms with Crippen LogP contribution in [0.3, 0.4) is 0 Å². The molecule has 2 rings (SSSR count). The monoisotopic (exact) mass is 307 g/mol. The van der Waals surface area contributed by atoms with Gasteiger partial charge in [0.25, 0.3) is 0 Å². The molecule has 0 spiro atoms. The van der Waals surface area contributed by atoms with Gasteiger partial charge in [-0.2, -0.15) is 0 Å². The lowest BCUT2D eigenvalue weighted by Gasteiger charge is -2.36. The Bertz CT molecular complexity index is 545. The summed E-state index contributed by atoms with van der Waals surface area (Å²) in [5.41, 5.74) is 1.81. The lowest BCUT2D eigenvalue weighted by atomic mass is 10.1. The van der Waals surface area contributed by atoms with E-state index < -0.39 is 9.84 Å². The van der Waals surface area contributed by atoms with Crippen molar-refractivity contribution in [3.63, 3.8) is 0 Å². The van der Waals surface area contributed by atoms with E-state index in [1.165, 1.54) is 0 Å². The standard InChI is InChI=1S/C12H15Cl2NO2S/c1-9-8-18(16,17)6-5-15(9)12-10(7-13)3-2-4-11(12)14/h2-4,9H,5-8H2,1H3. The van der Waals surface area contributed by atoms with Crippen molar-refractivity contribution < 1.29 is 8.42 Å². The highest BCUT2D eigenvalue weighted by molar-refractivity contribution is 7.91. The van der Waals surface area contributed by atoms with Gasteiger partial charge in [-0.1, -0.05) is 23.7 Å². The van der Waals surface area contributed by atoms with Gasteiger partial charge in [0.05, 0.1) is 22.2 Å². The zero-order valence-corrected chi connectivity index (χ0v) is 12.4. The second kappa shape index (κ2) is 5.27. The summed E-state index contributed by atoms with van der Waals surface area (Å²) in [4.78, 5) is 2.04. The molecule has 1 heterocycles. The number of nitrogens with zero attached hydrogens (tertiary/aromatic N) is 1. The molecule has 0 bridgehead atoms. The first-order chi connectivity index (χ1) is 8.44. The van der Waals surface area contributed by atoms with E-state index in [2.05, 4.69) is 0 Å². The number of hydrogen-bond donors (Lipinski definition) is 0. The molecule has 1 aliphatic heterocycles. The van der Waals surface area contributed by atoms with Crippen LogP contribution in [0, 0.1) is 0 Å². The highest BCUT2D eigenvalue weighted by Gasteiger charge is 2.30. The molecule has 1 unspecified atom stereocenters. The normalized spacial score (nSPS) is 23.1. The van der Waals surface area contributed by atoms with Crippen molar-refractivity contribution in [3.05, 3.63) is 28.8 Å². The molecule has 1 saturated heterocycles. The van der Waals surface area contributed by atoms with Crippen LogP contribution in [0.15, 0.2) is 18.2 Å². The Morgan fingerprint density at radius 1 is 1.44 bits per heavy atom. The summed E-state index contributed by atoms with van der Waals surface area (Å²) >= 11 is 12.2. The first-order valence-corrected chi connectivity index (χ1v) is 8.48. The molecule has 0 aromatic heterocycles. The predicted molar refractivity (Wildman–Crippen MR) is 76.5 cm³/mol. The largest absolute Gasteiger partial charge is 0.365 e. The summed E-state index contributed by atoms with van der Waals surface area (Å²) in [6.45, 7) is 2.37. The summed E-state index contributed by atoms with van der Waals surface area (Å²) in [5, 5.41) is 0.624. The molecule has 100 valence electrons. The van der Waals surface area contributed by atoms with Crippen molar-refractivity contribution >= 4 is 38.7 Å². The van der Waals surface area contributed by atoms with Crippen molar-refractivity contribution in [2.75, 3.05) is 23.0 Å². The van der Waals surface area contributed by atoms with Crippen LogP contribution < -0.4 is 4.90 Å². The molecule has 1 fully saturated rings. The van der Waals surface area contributed by atoms with Crippen LogP contribution >= 0.6 is 23.2 Å². The molecular formula is C12H15Cl2NO2S. The first kappa shape index (κ1) is 14.0. The van der Waals surface area contributed by atoms with Gasteiger partial charge in [-0.3, -0.25) is 0 Å². The Balaban J connectivity index is 2.38. The maximum atomic E-state index is 11.6. The van der Waals surface area contributed by atoms with Gasteiger partial charge in [0, 0.05) is 18.5 Å². The van der Waals surface area contributed by atoms with Crippen LogP contribution in [0.5, 0.6) is 0 Å². The van der Waals surface area contributed by atoms with E-state index in [4.69, 9.17) is 23.2 Å². The van der Waals surface area contributed by atoms with E-state index >= 15 is 0 Å². The number of anilines is 1. The topological polar surface area (TPSA) is 37.4 Å². The molecule has 3 nitrogen and oxygen atoms in total. The van der Waals surface area contributed by atoms with Crippen LogP contribution in [0.1, 0.15) is 12.5 Å². The van der Waals surface area contributed by atoms with E-state index in [1.54, 1.807) is 0 Å². The lowest BCUT2D eigenvalue weighted by molar-refractivity contribution is 0.568. The summed E-state index contributed by atoms with van der Waals surface area (Å²) in [6, 6.07) is 5.51. The van der Waals surface area contributed by atoms with Crippen molar-refractivity contribution in [1.29, 1.82) is 0 Å². The summed E-state index contributed by atoms with van der Waals surface area (Å²) in [7, 11) is -2.92. The third-order valence-corrected chi connectivity index (χ3v) is 5.56. The number of sulfone groups is 1. The molecule has 0 saturated carbocycles. The van der Waals surface area contributed by atoms with Crippen LogP contribution in [-0.2, 0) is 15.7 Å². The van der Waals surface area contributed by atoms with E-state index in [1.807, 2.05) is 30.0 Å². The number of rotatable bonds is 2. The van der Waals surface area contributed by atoms with Crippen LogP contribution in [0.2, 0.25) is 5.02 Å². The lowest BCUT2D eigenvalue weighted by Crippen LogP contribution is -2.47. The zero-order valence-electron chi connectivity index (χ0n) is 10.1. The maximum absolute atomic E-state index is 11.6. The highest BCUT2D eigenvalue weighted by atomic mass is 35.5. The molecular weight excluding hydrogens is 293 g/mol. The second-order valence-electron chi connectivity index (χ2n) is 4.54. The maximum Gasteiger partial charge on any atom is 0.154 e. The van der Waals surface area contributed by atoms with E-state index in [-0.39, 0.29) is 17.5 Å². The quantitative estimate of drug-likeness (QED) is 0.788. The third-order valence-electron chi connectivity index (χ3n) is 3.17. The molecule has 1 aliphatic rings. The van der Waals surface area contributed by atoms with Crippen molar-refractivity contribution in [3.8, 4) is 0 Å². The SMILES string of the molecule is CC1CS(=O)(=O)CCN1c1c(Cl)cccc1CCl.